The predicted octanol–water partition coefficient (Wildman–Crippen LogP) is 1.40. The lowest BCUT2D eigenvalue weighted by Crippen LogP contribution is -2.25. The van der Waals surface area contributed by atoms with Crippen LogP contribution in [0.2, 0.25) is 0 Å². The largest absolute Gasteiger partial charge is 0.373 e. The fraction of sp³-hybridized carbons (Fsp3) is 0.636. The molecular weight excluding hydrogens is 188 g/mol. The van der Waals surface area contributed by atoms with E-state index in [1.165, 1.54) is 0 Å². The van der Waals surface area contributed by atoms with Gasteiger partial charge in [0.15, 0.2) is 0 Å². The molecule has 84 valence electrons. The van der Waals surface area contributed by atoms with E-state index >= 15 is 0 Å². The Morgan fingerprint density at radius 3 is 2.67 bits per heavy atom. The molecule has 1 aromatic heterocycles. The minimum absolute atomic E-state index is 0.888. The molecule has 0 bridgehead atoms. The van der Waals surface area contributed by atoms with Crippen molar-refractivity contribution in [3.05, 3.63) is 18.1 Å². The molecule has 0 saturated carbocycles. The highest BCUT2D eigenvalue weighted by Crippen LogP contribution is 2.01. The summed E-state index contributed by atoms with van der Waals surface area (Å²) in [5.41, 5.74) is 0. The van der Waals surface area contributed by atoms with E-state index in [1.54, 1.807) is 6.20 Å². The SMILES string of the molecule is CCN(CC)CCc1nccc(NC)n1. The smallest absolute Gasteiger partial charge is 0.131 e. The Kier molecular flexibility index (Phi) is 5.04. The Hall–Kier alpha value is -1.16. The summed E-state index contributed by atoms with van der Waals surface area (Å²) in [7, 11) is 1.87. The molecule has 0 unspecified atom stereocenters. The van der Waals surface area contributed by atoms with Crippen LogP contribution in [0, 0.1) is 0 Å². The van der Waals surface area contributed by atoms with Crippen LogP contribution in [-0.2, 0) is 6.42 Å². The van der Waals surface area contributed by atoms with E-state index in [4.69, 9.17) is 0 Å². The summed E-state index contributed by atoms with van der Waals surface area (Å²) in [6, 6.07) is 1.88. The quantitative estimate of drug-likeness (QED) is 0.767. The van der Waals surface area contributed by atoms with Gasteiger partial charge in [-0.1, -0.05) is 13.8 Å². The van der Waals surface area contributed by atoms with Gasteiger partial charge in [-0.3, -0.25) is 0 Å². The minimum Gasteiger partial charge on any atom is -0.373 e. The van der Waals surface area contributed by atoms with Crippen molar-refractivity contribution in [3.63, 3.8) is 0 Å². The third kappa shape index (κ3) is 3.83. The lowest BCUT2D eigenvalue weighted by atomic mass is 10.3. The number of nitrogens with zero attached hydrogens (tertiary/aromatic N) is 3. The number of aromatic nitrogens is 2. The van der Waals surface area contributed by atoms with Gasteiger partial charge in [0.1, 0.15) is 11.6 Å². The molecule has 15 heavy (non-hydrogen) atoms. The molecule has 0 amide bonds. The lowest BCUT2D eigenvalue weighted by molar-refractivity contribution is 0.306. The van der Waals surface area contributed by atoms with Gasteiger partial charge in [0.05, 0.1) is 0 Å². The van der Waals surface area contributed by atoms with Crippen molar-refractivity contribution in [1.82, 2.24) is 14.9 Å². The summed E-state index contributed by atoms with van der Waals surface area (Å²) in [5, 5.41) is 3.02. The Labute approximate surface area is 91.7 Å². The Morgan fingerprint density at radius 2 is 2.07 bits per heavy atom. The minimum atomic E-state index is 0.888. The van der Waals surface area contributed by atoms with Crippen LogP contribution in [0.4, 0.5) is 5.82 Å². The Morgan fingerprint density at radius 1 is 1.33 bits per heavy atom. The van der Waals surface area contributed by atoms with Crippen LogP contribution in [0.15, 0.2) is 12.3 Å². The average molecular weight is 208 g/mol. The zero-order valence-corrected chi connectivity index (χ0v) is 9.82. The van der Waals surface area contributed by atoms with E-state index in [1.807, 2.05) is 13.1 Å². The van der Waals surface area contributed by atoms with Gasteiger partial charge in [-0.05, 0) is 19.2 Å². The molecule has 0 radical (unpaired) electrons. The van der Waals surface area contributed by atoms with Gasteiger partial charge in [-0.25, -0.2) is 9.97 Å². The molecule has 4 nitrogen and oxygen atoms in total. The van der Waals surface area contributed by atoms with Gasteiger partial charge in [0, 0.05) is 26.2 Å². The van der Waals surface area contributed by atoms with Crippen LogP contribution in [-0.4, -0.2) is 41.5 Å². The highest BCUT2D eigenvalue weighted by Gasteiger charge is 2.02. The van der Waals surface area contributed by atoms with E-state index < -0.39 is 0 Å². The third-order valence-corrected chi connectivity index (χ3v) is 2.51. The maximum absolute atomic E-state index is 4.38. The number of hydrogen-bond donors (Lipinski definition) is 1. The summed E-state index contributed by atoms with van der Waals surface area (Å²) in [6.07, 6.45) is 2.72. The van der Waals surface area contributed by atoms with Gasteiger partial charge in [-0.2, -0.15) is 0 Å². The standard InChI is InChI=1S/C11H20N4/c1-4-15(5-2)9-7-11-13-8-6-10(12-3)14-11/h6,8H,4-5,7,9H2,1-3H3,(H,12,13,14). The first-order valence-corrected chi connectivity index (χ1v) is 5.52. The van der Waals surface area contributed by atoms with E-state index in [-0.39, 0.29) is 0 Å². The predicted molar refractivity (Wildman–Crippen MR) is 63.1 cm³/mol. The molecule has 0 saturated heterocycles. The van der Waals surface area contributed by atoms with Crippen molar-refractivity contribution in [2.24, 2.45) is 0 Å². The van der Waals surface area contributed by atoms with E-state index in [2.05, 4.69) is 34.0 Å². The first-order chi connectivity index (χ1) is 7.30. The van der Waals surface area contributed by atoms with Gasteiger partial charge in [0.25, 0.3) is 0 Å². The van der Waals surface area contributed by atoms with Crippen LogP contribution in [0.5, 0.6) is 0 Å². The second kappa shape index (κ2) is 6.35. The number of likely N-dealkylation sites (N-methyl/N-ethyl adjacent to an activating group) is 1. The Balaban J connectivity index is 2.49. The van der Waals surface area contributed by atoms with Crippen molar-refractivity contribution in [3.8, 4) is 0 Å². The molecule has 0 aliphatic heterocycles. The molecule has 0 aliphatic rings. The zero-order valence-electron chi connectivity index (χ0n) is 9.82. The maximum atomic E-state index is 4.38. The zero-order chi connectivity index (χ0) is 11.1. The number of rotatable bonds is 6. The third-order valence-electron chi connectivity index (χ3n) is 2.51. The molecule has 1 aromatic rings. The molecule has 4 heteroatoms. The van der Waals surface area contributed by atoms with Crippen LogP contribution in [0.3, 0.4) is 0 Å². The highest BCUT2D eigenvalue weighted by atomic mass is 15.1. The van der Waals surface area contributed by atoms with Crippen molar-refractivity contribution >= 4 is 5.82 Å². The van der Waals surface area contributed by atoms with Crippen LogP contribution in [0.25, 0.3) is 0 Å². The van der Waals surface area contributed by atoms with Gasteiger partial charge in [-0.15, -0.1) is 0 Å². The average Bonchev–Trinajstić information content (AvgIpc) is 2.31. The van der Waals surface area contributed by atoms with E-state index in [0.717, 1.165) is 37.7 Å². The second-order valence-electron chi connectivity index (χ2n) is 3.38. The van der Waals surface area contributed by atoms with Crippen LogP contribution in [0.1, 0.15) is 19.7 Å². The summed E-state index contributed by atoms with van der Waals surface area (Å²) >= 11 is 0. The van der Waals surface area contributed by atoms with Crippen LogP contribution < -0.4 is 5.32 Å². The summed E-state index contributed by atoms with van der Waals surface area (Å²) < 4.78 is 0. The highest BCUT2D eigenvalue weighted by molar-refractivity contribution is 5.31. The molecule has 0 aliphatic carbocycles. The molecule has 0 aromatic carbocycles. The van der Waals surface area contributed by atoms with Gasteiger partial charge < -0.3 is 10.2 Å². The first kappa shape index (κ1) is 11.9. The normalized spacial score (nSPS) is 10.7. The fourth-order valence-corrected chi connectivity index (χ4v) is 1.46. The number of hydrogen-bond acceptors (Lipinski definition) is 4. The molecule has 0 spiro atoms. The molecular formula is C11H20N4. The molecule has 1 rings (SSSR count). The molecule has 1 N–H and O–H groups in total. The van der Waals surface area contributed by atoms with Crippen molar-refractivity contribution in [2.75, 3.05) is 32.0 Å². The van der Waals surface area contributed by atoms with Crippen LogP contribution >= 0.6 is 0 Å². The number of anilines is 1. The number of nitrogens with one attached hydrogen (secondary N) is 1. The summed E-state index contributed by atoms with van der Waals surface area (Å²) in [5.74, 6) is 1.80. The second-order valence-corrected chi connectivity index (χ2v) is 3.38. The van der Waals surface area contributed by atoms with E-state index in [9.17, 15) is 0 Å². The molecule has 0 atom stereocenters. The van der Waals surface area contributed by atoms with Gasteiger partial charge in [0.2, 0.25) is 0 Å². The topological polar surface area (TPSA) is 41.1 Å². The molecule has 1 heterocycles. The lowest BCUT2D eigenvalue weighted by Gasteiger charge is -2.17. The van der Waals surface area contributed by atoms with Crippen molar-refractivity contribution in [1.29, 1.82) is 0 Å². The van der Waals surface area contributed by atoms with Crippen molar-refractivity contribution < 1.29 is 0 Å². The van der Waals surface area contributed by atoms with Crippen molar-refractivity contribution in [2.45, 2.75) is 20.3 Å². The Bertz CT molecular complexity index is 284. The first-order valence-electron chi connectivity index (χ1n) is 5.52. The fourth-order valence-electron chi connectivity index (χ4n) is 1.46. The monoisotopic (exact) mass is 208 g/mol. The summed E-state index contributed by atoms with van der Waals surface area (Å²) in [4.78, 5) is 11.0. The molecule has 0 fully saturated rings. The maximum Gasteiger partial charge on any atom is 0.131 e. The summed E-state index contributed by atoms with van der Waals surface area (Å²) in [6.45, 7) is 7.55. The van der Waals surface area contributed by atoms with Gasteiger partial charge >= 0.3 is 0 Å². The van der Waals surface area contributed by atoms with E-state index in [0.29, 0.717) is 0 Å².